The van der Waals surface area contributed by atoms with Crippen LogP contribution in [0.4, 0.5) is 5.69 Å². The van der Waals surface area contributed by atoms with Crippen LogP contribution >= 0.6 is 0 Å². The number of methoxy groups -OCH3 is 1. The lowest BCUT2D eigenvalue weighted by molar-refractivity contribution is -0.105. The third-order valence-corrected chi connectivity index (χ3v) is 3.13. The van der Waals surface area contributed by atoms with E-state index >= 15 is 0 Å². The molecule has 0 aromatic heterocycles. The van der Waals surface area contributed by atoms with Gasteiger partial charge in [-0.25, -0.2) is 4.79 Å². The summed E-state index contributed by atoms with van der Waals surface area (Å²) in [5.41, 5.74) is 3.44. The molecule has 0 heterocycles. The van der Waals surface area contributed by atoms with E-state index in [1.54, 1.807) is 18.2 Å². The Morgan fingerprint density at radius 2 is 1.86 bits per heavy atom. The van der Waals surface area contributed by atoms with Crippen LogP contribution in [0.1, 0.15) is 27.0 Å². The van der Waals surface area contributed by atoms with E-state index < -0.39 is 5.97 Å². The Kier molecular flexibility index (Phi) is 4.94. The molecule has 0 saturated carbocycles. The topological polar surface area (TPSA) is 55.4 Å². The van der Waals surface area contributed by atoms with E-state index in [1.165, 1.54) is 7.11 Å². The number of amides is 1. The molecule has 0 aliphatic carbocycles. The zero-order valence-corrected chi connectivity index (χ0v) is 12.3. The molecule has 0 bridgehead atoms. The zero-order valence-electron chi connectivity index (χ0n) is 12.3. The fraction of sp³-hybridized carbons (Fsp3) is 0.111. The Balaban J connectivity index is 2.41. The fourth-order valence-corrected chi connectivity index (χ4v) is 1.93. The Bertz CT molecular complexity index is 769. The van der Waals surface area contributed by atoms with Gasteiger partial charge < -0.3 is 10.1 Å². The number of esters is 1. The van der Waals surface area contributed by atoms with Gasteiger partial charge in [-0.05, 0) is 36.8 Å². The number of nitrogens with one attached hydrogen (secondary N) is 1. The van der Waals surface area contributed by atoms with Crippen molar-refractivity contribution in [1.82, 2.24) is 0 Å². The monoisotopic (exact) mass is 293 g/mol. The lowest BCUT2D eigenvalue weighted by Gasteiger charge is -2.05. The van der Waals surface area contributed by atoms with Gasteiger partial charge >= 0.3 is 5.97 Å². The van der Waals surface area contributed by atoms with Gasteiger partial charge in [0.1, 0.15) is 0 Å². The van der Waals surface area contributed by atoms with Gasteiger partial charge in [-0.2, -0.15) is 0 Å². The molecule has 4 heteroatoms. The second-order valence-corrected chi connectivity index (χ2v) is 4.58. The number of ether oxygens (including phenoxy) is 1. The van der Waals surface area contributed by atoms with Crippen molar-refractivity contribution in [2.24, 2.45) is 0 Å². The van der Waals surface area contributed by atoms with Crippen LogP contribution in [0, 0.1) is 18.8 Å². The number of carbonyl (C=O) groups is 2. The molecule has 0 radical (unpaired) electrons. The molecule has 0 aliphatic heterocycles. The third kappa shape index (κ3) is 3.53. The van der Waals surface area contributed by atoms with Gasteiger partial charge in [-0.15, -0.1) is 0 Å². The maximum absolute atomic E-state index is 11.5. The number of hydrogen-bond donors (Lipinski definition) is 1. The molecule has 2 aromatic carbocycles. The lowest BCUT2D eigenvalue weighted by atomic mass is 10.1. The maximum Gasteiger partial charge on any atom is 0.337 e. The number of anilines is 1. The SMILES string of the molecule is COC(=O)c1ccc(C#Cc2ccccc2C)c(NC=O)c1. The average Bonchev–Trinajstić information content (AvgIpc) is 2.54. The summed E-state index contributed by atoms with van der Waals surface area (Å²) in [5.74, 6) is 5.62. The van der Waals surface area contributed by atoms with Crippen molar-refractivity contribution in [3.05, 3.63) is 64.7 Å². The minimum atomic E-state index is -0.465. The number of carbonyl (C=O) groups excluding carboxylic acids is 2. The predicted octanol–water partition coefficient (Wildman–Crippen LogP) is 2.75. The molecule has 0 aliphatic rings. The molecule has 0 saturated heterocycles. The van der Waals surface area contributed by atoms with E-state index in [4.69, 9.17) is 0 Å². The van der Waals surface area contributed by atoms with Gasteiger partial charge in [-0.1, -0.05) is 30.0 Å². The van der Waals surface area contributed by atoms with Crippen LogP contribution in [-0.4, -0.2) is 19.5 Å². The van der Waals surface area contributed by atoms with Crippen LogP contribution in [0.15, 0.2) is 42.5 Å². The third-order valence-electron chi connectivity index (χ3n) is 3.13. The number of aryl methyl sites for hydroxylation is 1. The molecular weight excluding hydrogens is 278 g/mol. The highest BCUT2D eigenvalue weighted by atomic mass is 16.5. The Hall–Kier alpha value is -3.06. The fourth-order valence-electron chi connectivity index (χ4n) is 1.93. The van der Waals surface area contributed by atoms with Crippen molar-refractivity contribution in [3.8, 4) is 11.8 Å². The van der Waals surface area contributed by atoms with E-state index in [0.29, 0.717) is 23.2 Å². The minimum Gasteiger partial charge on any atom is -0.465 e. The molecular formula is C18H15NO3. The normalized spacial score (nSPS) is 9.36. The number of benzene rings is 2. The first kappa shape index (κ1) is 15.3. The molecule has 0 spiro atoms. The molecule has 2 aromatic rings. The van der Waals surface area contributed by atoms with Gasteiger partial charge in [0.25, 0.3) is 0 Å². The summed E-state index contributed by atoms with van der Waals surface area (Å²) in [6, 6.07) is 12.6. The van der Waals surface area contributed by atoms with E-state index in [1.807, 2.05) is 31.2 Å². The Labute approximate surface area is 129 Å². The minimum absolute atomic E-state index is 0.355. The highest BCUT2D eigenvalue weighted by molar-refractivity contribution is 5.92. The van der Waals surface area contributed by atoms with Gasteiger partial charge in [0.2, 0.25) is 6.41 Å². The van der Waals surface area contributed by atoms with Crippen LogP contribution < -0.4 is 5.32 Å². The van der Waals surface area contributed by atoms with Gasteiger partial charge in [0.15, 0.2) is 0 Å². The highest BCUT2D eigenvalue weighted by Gasteiger charge is 2.08. The van der Waals surface area contributed by atoms with E-state index in [0.717, 1.165) is 11.1 Å². The first-order chi connectivity index (χ1) is 10.7. The Morgan fingerprint density at radius 3 is 2.55 bits per heavy atom. The molecule has 110 valence electrons. The van der Waals surface area contributed by atoms with Crippen LogP contribution in [0.5, 0.6) is 0 Å². The Morgan fingerprint density at radius 1 is 1.14 bits per heavy atom. The summed E-state index contributed by atoms with van der Waals surface area (Å²) >= 11 is 0. The summed E-state index contributed by atoms with van der Waals surface area (Å²) in [6.45, 7) is 1.98. The number of hydrogen-bond acceptors (Lipinski definition) is 3. The lowest BCUT2D eigenvalue weighted by Crippen LogP contribution is -2.04. The second-order valence-electron chi connectivity index (χ2n) is 4.58. The quantitative estimate of drug-likeness (QED) is 0.538. The molecule has 2 rings (SSSR count). The van der Waals surface area contributed by atoms with Crippen LogP contribution in [-0.2, 0) is 9.53 Å². The zero-order chi connectivity index (χ0) is 15.9. The van der Waals surface area contributed by atoms with Crippen molar-refractivity contribution in [2.75, 3.05) is 12.4 Å². The van der Waals surface area contributed by atoms with Crippen LogP contribution in [0.3, 0.4) is 0 Å². The molecule has 1 N–H and O–H groups in total. The van der Waals surface area contributed by atoms with Crippen LogP contribution in [0.2, 0.25) is 0 Å². The second kappa shape index (κ2) is 7.09. The van der Waals surface area contributed by atoms with Crippen molar-refractivity contribution in [3.63, 3.8) is 0 Å². The summed E-state index contributed by atoms with van der Waals surface area (Å²) < 4.78 is 4.66. The molecule has 4 nitrogen and oxygen atoms in total. The summed E-state index contributed by atoms with van der Waals surface area (Å²) in [6.07, 6.45) is 0.551. The van der Waals surface area contributed by atoms with Gasteiger partial charge in [-0.3, -0.25) is 4.79 Å². The molecule has 22 heavy (non-hydrogen) atoms. The maximum atomic E-state index is 11.5. The van der Waals surface area contributed by atoms with Crippen molar-refractivity contribution < 1.29 is 14.3 Å². The van der Waals surface area contributed by atoms with Crippen molar-refractivity contribution >= 4 is 18.1 Å². The molecule has 0 unspecified atom stereocenters. The standard InChI is InChI=1S/C18H15NO3/c1-13-5-3-4-6-14(13)7-8-15-9-10-16(18(21)22-2)11-17(15)19-12-20/h3-6,9-12H,1-2H3,(H,19,20). The van der Waals surface area contributed by atoms with Gasteiger partial charge in [0.05, 0.1) is 18.4 Å². The summed E-state index contributed by atoms with van der Waals surface area (Å²) in [4.78, 5) is 22.3. The summed E-state index contributed by atoms with van der Waals surface area (Å²) in [5, 5.41) is 2.56. The number of rotatable bonds is 3. The summed E-state index contributed by atoms with van der Waals surface area (Å²) in [7, 11) is 1.31. The van der Waals surface area contributed by atoms with Gasteiger partial charge in [0, 0.05) is 11.1 Å². The molecule has 0 fully saturated rings. The van der Waals surface area contributed by atoms with E-state index in [-0.39, 0.29) is 0 Å². The average molecular weight is 293 g/mol. The highest BCUT2D eigenvalue weighted by Crippen LogP contribution is 2.17. The van der Waals surface area contributed by atoms with E-state index in [9.17, 15) is 9.59 Å². The first-order valence-corrected chi connectivity index (χ1v) is 6.66. The first-order valence-electron chi connectivity index (χ1n) is 6.66. The van der Waals surface area contributed by atoms with Crippen molar-refractivity contribution in [2.45, 2.75) is 6.92 Å². The van der Waals surface area contributed by atoms with E-state index in [2.05, 4.69) is 21.9 Å². The van der Waals surface area contributed by atoms with Crippen LogP contribution in [0.25, 0.3) is 0 Å². The largest absolute Gasteiger partial charge is 0.465 e. The predicted molar refractivity (Wildman–Crippen MR) is 84.6 cm³/mol. The van der Waals surface area contributed by atoms with Crippen molar-refractivity contribution in [1.29, 1.82) is 0 Å². The molecule has 1 amide bonds. The molecule has 0 atom stereocenters. The smallest absolute Gasteiger partial charge is 0.337 e.